The zero-order valence-corrected chi connectivity index (χ0v) is 19.5. The van der Waals surface area contributed by atoms with Crippen molar-refractivity contribution in [2.75, 3.05) is 5.32 Å². The minimum Gasteiger partial charge on any atom is -0.384 e. The van der Waals surface area contributed by atoms with E-state index in [4.69, 9.17) is 16.9 Å². The van der Waals surface area contributed by atoms with Crippen LogP contribution >= 0.6 is 0 Å². The lowest BCUT2D eigenvalue weighted by molar-refractivity contribution is -0.121. The number of rotatable bonds is 5. The number of fused-ring (bicyclic) bond motifs is 2. The molecule has 3 aromatic carbocycles. The Balaban J connectivity index is 1.54. The molecule has 174 valence electrons. The standard InChI is InChI=1S/C28H31N5O/c1-28(31)13-11-19(12-14-28)27(34)32-25-16-20-9-10-21(26(29)30)15-24(20)33(25)17-22-7-4-6-18-5-2-3-8-23(18)22/h2-10,15-16,19H,11-14,17,31H2,1H3,(H3,29,30)(H,32,34). The quantitative estimate of drug-likeness (QED) is 0.253. The molecule has 0 bridgehead atoms. The molecule has 1 amide bonds. The number of aromatic nitrogens is 1. The predicted molar refractivity (Wildman–Crippen MR) is 139 cm³/mol. The van der Waals surface area contributed by atoms with Crippen LogP contribution in [0.5, 0.6) is 0 Å². The van der Waals surface area contributed by atoms with Crippen molar-refractivity contribution < 1.29 is 4.79 Å². The second-order valence-corrected chi connectivity index (χ2v) is 9.86. The SMILES string of the molecule is CC1(N)CCC(C(=O)Nc2cc3ccc(C(=N)N)cc3n2Cc2cccc3ccccc23)CC1. The molecule has 6 N–H and O–H groups in total. The Kier molecular flexibility index (Phi) is 5.62. The second kappa shape index (κ2) is 8.61. The maximum absolute atomic E-state index is 13.2. The minimum atomic E-state index is -0.177. The van der Waals surface area contributed by atoms with Crippen LogP contribution in [0, 0.1) is 11.3 Å². The van der Waals surface area contributed by atoms with E-state index in [1.807, 2.05) is 36.4 Å². The van der Waals surface area contributed by atoms with Gasteiger partial charge in [-0.2, -0.15) is 0 Å². The molecule has 1 aliphatic rings. The van der Waals surface area contributed by atoms with Gasteiger partial charge >= 0.3 is 0 Å². The molecular weight excluding hydrogens is 422 g/mol. The summed E-state index contributed by atoms with van der Waals surface area (Å²) >= 11 is 0. The Hall–Kier alpha value is -3.64. The fraction of sp³-hybridized carbons (Fsp3) is 0.286. The zero-order valence-electron chi connectivity index (χ0n) is 19.5. The van der Waals surface area contributed by atoms with E-state index in [1.54, 1.807) is 0 Å². The smallest absolute Gasteiger partial charge is 0.228 e. The highest BCUT2D eigenvalue weighted by molar-refractivity contribution is 6.01. The molecule has 1 aromatic heterocycles. The van der Waals surface area contributed by atoms with Gasteiger partial charge in [0.25, 0.3) is 0 Å². The number of carbonyl (C=O) groups is 1. The fourth-order valence-electron chi connectivity index (χ4n) is 5.06. The van der Waals surface area contributed by atoms with Gasteiger partial charge in [-0.25, -0.2) is 0 Å². The number of nitrogens with one attached hydrogen (secondary N) is 2. The Labute approximate surface area is 199 Å². The van der Waals surface area contributed by atoms with Gasteiger partial charge in [0.05, 0.1) is 12.1 Å². The molecule has 0 radical (unpaired) electrons. The summed E-state index contributed by atoms with van der Waals surface area (Å²) in [6.45, 7) is 2.66. The Bertz CT molecular complexity index is 1390. The molecule has 1 heterocycles. The van der Waals surface area contributed by atoms with Crippen LogP contribution in [0.3, 0.4) is 0 Å². The molecule has 4 aromatic rings. The second-order valence-electron chi connectivity index (χ2n) is 9.86. The van der Waals surface area contributed by atoms with Crippen molar-refractivity contribution in [1.82, 2.24) is 4.57 Å². The van der Waals surface area contributed by atoms with Crippen molar-refractivity contribution >= 4 is 39.2 Å². The number of hydrogen-bond donors (Lipinski definition) is 4. The van der Waals surface area contributed by atoms with Crippen LogP contribution in [-0.2, 0) is 11.3 Å². The average Bonchev–Trinajstić information content (AvgIpc) is 3.15. The van der Waals surface area contributed by atoms with Gasteiger partial charge in [-0.15, -0.1) is 0 Å². The lowest BCUT2D eigenvalue weighted by Crippen LogP contribution is -2.42. The van der Waals surface area contributed by atoms with Gasteiger partial charge in [0.1, 0.15) is 11.7 Å². The van der Waals surface area contributed by atoms with Gasteiger partial charge in [0.15, 0.2) is 0 Å². The van der Waals surface area contributed by atoms with E-state index in [-0.39, 0.29) is 23.2 Å². The first-order chi connectivity index (χ1) is 16.3. The first-order valence-electron chi connectivity index (χ1n) is 11.8. The fourth-order valence-corrected chi connectivity index (χ4v) is 5.06. The van der Waals surface area contributed by atoms with Gasteiger partial charge in [-0.3, -0.25) is 10.2 Å². The Morgan fingerprint density at radius 3 is 2.56 bits per heavy atom. The number of amides is 1. The van der Waals surface area contributed by atoms with Crippen molar-refractivity contribution in [3.63, 3.8) is 0 Å². The maximum atomic E-state index is 13.2. The van der Waals surface area contributed by atoms with Gasteiger partial charge in [0, 0.05) is 22.4 Å². The summed E-state index contributed by atoms with van der Waals surface area (Å²) in [4.78, 5) is 13.2. The molecule has 6 heteroatoms. The highest BCUT2D eigenvalue weighted by Crippen LogP contribution is 2.32. The largest absolute Gasteiger partial charge is 0.384 e. The number of nitrogen functional groups attached to an aromatic ring is 1. The molecule has 5 rings (SSSR count). The molecule has 1 aliphatic carbocycles. The molecule has 0 unspecified atom stereocenters. The first kappa shape index (κ1) is 22.2. The average molecular weight is 454 g/mol. The third kappa shape index (κ3) is 4.29. The number of nitrogens with two attached hydrogens (primary N) is 2. The van der Waals surface area contributed by atoms with Gasteiger partial charge in [-0.1, -0.05) is 54.6 Å². The molecule has 0 aliphatic heterocycles. The third-order valence-electron chi connectivity index (χ3n) is 7.17. The van der Waals surface area contributed by atoms with E-state index < -0.39 is 0 Å². The molecule has 1 fully saturated rings. The summed E-state index contributed by atoms with van der Waals surface area (Å²) in [5.74, 6) is 0.796. The Morgan fingerprint density at radius 1 is 1.06 bits per heavy atom. The maximum Gasteiger partial charge on any atom is 0.228 e. The summed E-state index contributed by atoms with van der Waals surface area (Å²) < 4.78 is 2.12. The summed E-state index contributed by atoms with van der Waals surface area (Å²) in [6, 6.07) is 22.4. The van der Waals surface area contributed by atoms with Crippen molar-refractivity contribution in [1.29, 1.82) is 5.41 Å². The van der Waals surface area contributed by atoms with Crippen LogP contribution in [0.2, 0.25) is 0 Å². The van der Waals surface area contributed by atoms with E-state index in [1.165, 1.54) is 10.8 Å². The highest BCUT2D eigenvalue weighted by atomic mass is 16.2. The van der Waals surface area contributed by atoms with Crippen LogP contribution < -0.4 is 16.8 Å². The number of amidine groups is 1. The lowest BCUT2D eigenvalue weighted by Gasteiger charge is -2.33. The van der Waals surface area contributed by atoms with Crippen molar-refractivity contribution in [3.8, 4) is 0 Å². The van der Waals surface area contributed by atoms with Crippen LogP contribution in [-0.4, -0.2) is 21.8 Å². The number of carbonyl (C=O) groups excluding carboxylic acids is 1. The summed E-state index contributed by atoms with van der Waals surface area (Å²) in [5, 5.41) is 14.5. The van der Waals surface area contributed by atoms with E-state index >= 15 is 0 Å². The van der Waals surface area contributed by atoms with E-state index in [9.17, 15) is 4.79 Å². The predicted octanol–water partition coefficient (Wildman–Crippen LogP) is 4.97. The highest BCUT2D eigenvalue weighted by Gasteiger charge is 2.31. The molecule has 6 nitrogen and oxygen atoms in total. The normalized spacial score (nSPS) is 20.5. The molecule has 1 saturated carbocycles. The third-order valence-corrected chi connectivity index (χ3v) is 7.17. The summed E-state index contributed by atoms with van der Waals surface area (Å²) in [7, 11) is 0. The van der Waals surface area contributed by atoms with Crippen molar-refractivity contribution in [3.05, 3.63) is 77.9 Å². The molecule has 0 saturated heterocycles. The molecular formula is C28H31N5O. The lowest BCUT2D eigenvalue weighted by atomic mass is 9.78. The number of nitrogens with zero attached hydrogens (tertiary/aromatic N) is 1. The zero-order chi connectivity index (χ0) is 23.9. The van der Waals surface area contributed by atoms with Crippen molar-refractivity contribution in [2.45, 2.75) is 44.7 Å². The van der Waals surface area contributed by atoms with Gasteiger partial charge in [0.2, 0.25) is 5.91 Å². The molecule has 34 heavy (non-hydrogen) atoms. The number of benzene rings is 3. The number of anilines is 1. The minimum absolute atomic E-state index is 0.0254. The monoisotopic (exact) mass is 453 g/mol. The van der Waals surface area contributed by atoms with E-state index in [0.717, 1.165) is 48.0 Å². The van der Waals surface area contributed by atoms with Crippen LogP contribution in [0.1, 0.15) is 43.7 Å². The first-order valence-corrected chi connectivity index (χ1v) is 11.8. The topological polar surface area (TPSA) is 110 Å². The van der Waals surface area contributed by atoms with Gasteiger partial charge < -0.3 is 21.4 Å². The van der Waals surface area contributed by atoms with E-state index in [0.29, 0.717) is 12.1 Å². The van der Waals surface area contributed by atoms with Gasteiger partial charge in [-0.05, 0) is 61.1 Å². The van der Waals surface area contributed by atoms with Crippen LogP contribution in [0.4, 0.5) is 5.82 Å². The summed E-state index contributed by atoms with van der Waals surface area (Å²) in [5.41, 5.74) is 14.6. The molecule has 0 spiro atoms. The van der Waals surface area contributed by atoms with Crippen molar-refractivity contribution in [2.24, 2.45) is 17.4 Å². The Morgan fingerprint density at radius 2 is 1.79 bits per heavy atom. The van der Waals surface area contributed by atoms with Crippen LogP contribution in [0.25, 0.3) is 21.7 Å². The number of hydrogen-bond acceptors (Lipinski definition) is 3. The van der Waals surface area contributed by atoms with E-state index in [2.05, 4.69) is 47.1 Å². The summed E-state index contributed by atoms with van der Waals surface area (Å²) in [6.07, 6.45) is 3.31. The molecule has 0 atom stereocenters. The van der Waals surface area contributed by atoms with Crippen LogP contribution in [0.15, 0.2) is 66.7 Å².